The number of ether oxygens (including phenoxy) is 2. The average molecular weight is 399 g/mol. The minimum Gasteiger partial charge on any atom is -0.466 e. The molecule has 0 N–H and O–H groups in total. The Morgan fingerprint density at radius 3 is 1.64 bits per heavy atom. The molecule has 0 spiro atoms. The minimum atomic E-state index is -0.0657. The van der Waals surface area contributed by atoms with E-state index in [1.165, 1.54) is 38.5 Å². The van der Waals surface area contributed by atoms with Crippen LogP contribution in [-0.2, 0) is 19.1 Å². The summed E-state index contributed by atoms with van der Waals surface area (Å²) in [6.07, 6.45) is 17.0. The Balaban J connectivity index is 3.29. The van der Waals surface area contributed by atoms with Gasteiger partial charge in [0.05, 0.1) is 13.2 Å². The Morgan fingerprint density at radius 1 is 0.643 bits per heavy atom. The Kier molecular flexibility index (Phi) is 19.9. The van der Waals surface area contributed by atoms with Crippen molar-refractivity contribution in [2.24, 2.45) is 5.92 Å². The van der Waals surface area contributed by atoms with Crippen LogP contribution in [0, 0.1) is 5.92 Å². The molecule has 0 bridgehead atoms. The molecular formula is C24H46O4. The third-order valence-corrected chi connectivity index (χ3v) is 5.25. The zero-order valence-electron chi connectivity index (χ0n) is 18.9. The summed E-state index contributed by atoms with van der Waals surface area (Å²) >= 11 is 0. The summed E-state index contributed by atoms with van der Waals surface area (Å²) in [5, 5.41) is 0. The van der Waals surface area contributed by atoms with Gasteiger partial charge in [-0.3, -0.25) is 9.59 Å². The van der Waals surface area contributed by atoms with Crippen LogP contribution in [0.5, 0.6) is 0 Å². The largest absolute Gasteiger partial charge is 0.466 e. The molecule has 0 aliphatic heterocycles. The summed E-state index contributed by atoms with van der Waals surface area (Å²) in [6.45, 7) is 7.56. The van der Waals surface area contributed by atoms with Crippen molar-refractivity contribution in [1.82, 2.24) is 0 Å². The molecule has 4 nitrogen and oxygen atoms in total. The predicted molar refractivity (Wildman–Crippen MR) is 116 cm³/mol. The zero-order valence-corrected chi connectivity index (χ0v) is 18.9. The van der Waals surface area contributed by atoms with Crippen molar-refractivity contribution >= 4 is 11.9 Å². The molecule has 0 amide bonds. The van der Waals surface area contributed by atoms with E-state index in [-0.39, 0.29) is 11.9 Å². The number of hydrogen-bond acceptors (Lipinski definition) is 4. The fourth-order valence-corrected chi connectivity index (χ4v) is 2.99. The van der Waals surface area contributed by atoms with E-state index in [9.17, 15) is 9.59 Å². The first-order valence-electron chi connectivity index (χ1n) is 11.9. The Bertz CT molecular complexity index is 368. The van der Waals surface area contributed by atoms with Crippen LogP contribution in [0.2, 0.25) is 0 Å². The molecule has 28 heavy (non-hydrogen) atoms. The quantitative estimate of drug-likeness (QED) is 0.164. The third kappa shape index (κ3) is 19.7. The highest BCUT2D eigenvalue weighted by Gasteiger charge is 2.06. The molecule has 1 unspecified atom stereocenters. The van der Waals surface area contributed by atoms with Crippen LogP contribution < -0.4 is 0 Å². The zero-order chi connectivity index (χ0) is 20.9. The van der Waals surface area contributed by atoms with Gasteiger partial charge in [0.15, 0.2) is 0 Å². The molecule has 0 radical (unpaired) electrons. The van der Waals surface area contributed by atoms with Crippen LogP contribution in [-0.4, -0.2) is 25.2 Å². The van der Waals surface area contributed by atoms with E-state index < -0.39 is 0 Å². The van der Waals surface area contributed by atoms with E-state index in [4.69, 9.17) is 9.47 Å². The smallest absolute Gasteiger partial charge is 0.305 e. The highest BCUT2D eigenvalue weighted by atomic mass is 16.5. The van der Waals surface area contributed by atoms with Crippen molar-refractivity contribution in [2.75, 3.05) is 13.2 Å². The maximum absolute atomic E-state index is 11.7. The summed E-state index contributed by atoms with van der Waals surface area (Å²) in [4.78, 5) is 23.3. The second-order valence-electron chi connectivity index (χ2n) is 8.16. The van der Waals surface area contributed by atoms with Gasteiger partial charge in [-0.1, -0.05) is 91.4 Å². The first kappa shape index (κ1) is 26.9. The molecule has 0 saturated heterocycles. The van der Waals surface area contributed by atoms with Gasteiger partial charge in [-0.25, -0.2) is 0 Å². The summed E-state index contributed by atoms with van der Waals surface area (Å²) in [7, 11) is 0. The van der Waals surface area contributed by atoms with E-state index >= 15 is 0 Å². The van der Waals surface area contributed by atoms with Crippen molar-refractivity contribution in [2.45, 2.75) is 124 Å². The number of unbranched alkanes of at least 4 members (excludes halogenated alkanes) is 11. The Labute approximate surface area is 174 Å². The molecule has 0 aromatic heterocycles. The third-order valence-electron chi connectivity index (χ3n) is 5.25. The first-order chi connectivity index (χ1) is 13.6. The summed E-state index contributed by atoms with van der Waals surface area (Å²) in [5.74, 6) is 0.338. The molecule has 1 atom stereocenters. The molecule has 166 valence electrons. The molecule has 0 aliphatic carbocycles. The fraction of sp³-hybridized carbons (Fsp3) is 0.917. The van der Waals surface area contributed by atoms with Crippen LogP contribution in [0.3, 0.4) is 0 Å². The van der Waals surface area contributed by atoms with Gasteiger partial charge < -0.3 is 9.47 Å². The van der Waals surface area contributed by atoms with Crippen LogP contribution in [0.4, 0.5) is 0 Å². The first-order valence-corrected chi connectivity index (χ1v) is 11.9. The maximum Gasteiger partial charge on any atom is 0.305 e. The SMILES string of the molecule is CCCCCCCCCOC(=O)CCCCCCCCC(=O)OCC(C)CC. The predicted octanol–water partition coefficient (Wildman–Crippen LogP) is 6.99. The van der Waals surface area contributed by atoms with E-state index in [0.29, 0.717) is 32.0 Å². The van der Waals surface area contributed by atoms with Gasteiger partial charge in [0.2, 0.25) is 0 Å². The van der Waals surface area contributed by atoms with Crippen LogP contribution in [0.25, 0.3) is 0 Å². The van der Waals surface area contributed by atoms with Crippen molar-refractivity contribution in [3.05, 3.63) is 0 Å². The molecular weight excluding hydrogens is 352 g/mol. The van der Waals surface area contributed by atoms with Gasteiger partial charge in [-0.15, -0.1) is 0 Å². The van der Waals surface area contributed by atoms with Gasteiger partial charge in [0, 0.05) is 12.8 Å². The number of esters is 2. The molecule has 0 fully saturated rings. The maximum atomic E-state index is 11.7. The van der Waals surface area contributed by atoms with E-state index in [2.05, 4.69) is 20.8 Å². The standard InChI is InChI=1S/C24H46O4/c1-4-6-7-8-11-14-17-20-27-23(25)18-15-12-9-10-13-16-19-24(26)28-21-22(3)5-2/h22H,4-21H2,1-3H3. The lowest BCUT2D eigenvalue weighted by Gasteiger charge is -2.09. The summed E-state index contributed by atoms with van der Waals surface area (Å²) in [5.41, 5.74) is 0. The van der Waals surface area contributed by atoms with Crippen LogP contribution >= 0.6 is 0 Å². The number of rotatable bonds is 20. The van der Waals surface area contributed by atoms with Crippen molar-refractivity contribution in [3.63, 3.8) is 0 Å². The lowest BCUT2D eigenvalue weighted by atomic mass is 10.1. The Hall–Kier alpha value is -1.06. The lowest BCUT2D eigenvalue weighted by Crippen LogP contribution is -2.11. The highest BCUT2D eigenvalue weighted by Crippen LogP contribution is 2.11. The molecule has 0 aromatic carbocycles. The van der Waals surface area contributed by atoms with Gasteiger partial charge in [0.25, 0.3) is 0 Å². The average Bonchev–Trinajstić information content (AvgIpc) is 2.70. The lowest BCUT2D eigenvalue weighted by molar-refractivity contribution is -0.145. The normalized spacial score (nSPS) is 12.0. The number of hydrogen-bond donors (Lipinski definition) is 0. The summed E-state index contributed by atoms with van der Waals surface area (Å²) in [6, 6.07) is 0. The number of carbonyl (C=O) groups excluding carboxylic acids is 2. The molecule has 0 heterocycles. The highest BCUT2D eigenvalue weighted by molar-refractivity contribution is 5.69. The van der Waals surface area contributed by atoms with Gasteiger partial charge in [-0.05, 0) is 25.2 Å². The molecule has 4 heteroatoms. The van der Waals surface area contributed by atoms with Crippen molar-refractivity contribution < 1.29 is 19.1 Å². The molecule has 0 rings (SSSR count). The number of carbonyl (C=O) groups is 2. The molecule has 0 aromatic rings. The minimum absolute atomic E-state index is 0.0463. The van der Waals surface area contributed by atoms with E-state index in [0.717, 1.165) is 51.4 Å². The molecule has 0 saturated carbocycles. The molecule has 0 aliphatic rings. The monoisotopic (exact) mass is 398 g/mol. The second kappa shape index (κ2) is 20.7. The van der Waals surface area contributed by atoms with E-state index in [1.54, 1.807) is 0 Å². The van der Waals surface area contributed by atoms with Gasteiger partial charge in [-0.2, -0.15) is 0 Å². The van der Waals surface area contributed by atoms with Crippen LogP contribution in [0.15, 0.2) is 0 Å². The summed E-state index contributed by atoms with van der Waals surface area (Å²) < 4.78 is 10.5. The topological polar surface area (TPSA) is 52.6 Å². The second-order valence-corrected chi connectivity index (χ2v) is 8.16. The van der Waals surface area contributed by atoms with Crippen LogP contribution in [0.1, 0.15) is 124 Å². The van der Waals surface area contributed by atoms with E-state index in [1.807, 2.05) is 0 Å². The van der Waals surface area contributed by atoms with Gasteiger partial charge >= 0.3 is 11.9 Å². The van der Waals surface area contributed by atoms with Gasteiger partial charge in [0.1, 0.15) is 0 Å². The van der Waals surface area contributed by atoms with Crippen molar-refractivity contribution in [1.29, 1.82) is 0 Å². The fourth-order valence-electron chi connectivity index (χ4n) is 2.99. The van der Waals surface area contributed by atoms with Crippen molar-refractivity contribution in [3.8, 4) is 0 Å². The Morgan fingerprint density at radius 2 is 1.11 bits per heavy atom.